The lowest BCUT2D eigenvalue weighted by atomic mass is 10.0. The van der Waals surface area contributed by atoms with Crippen LogP contribution >= 0.6 is 7.82 Å². The van der Waals surface area contributed by atoms with Crippen LogP contribution in [0.15, 0.2) is 72.9 Å². The van der Waals surface area contributed by atoms with Crippen LogP contribution in [0.1, 0.15) is 348 Å². The third-order valence-electron chi connectivity index (χ3n) is 16.4. The molecule has 3 atom stereocenters. The molecule has 0 saturated heterocycles. The van der Waals surface area contributed by atoms with E-state index in [1.165, 1.54) is 238 Å². The minimum Gasteiger partial charge on any atom is -0.456 e. The zero-order valence-corrected chi connectivity index (χ0v) is 58.5. The largest absolute Gasteiger partial charge is 0.472 e. The van der Waals surface area contributed by atoms with Gasteiger partial charge >= 0.3 is 13.8 Å². The molecule has 0 bridgehead atoms. The number of nitrogens with zero attached hydrogens (tertiary/aromatic N) is 1. The first-order valence-corrected chi connectivity index (χ1v) is 38.3. The Bertz CT molecular complexity index is 1700. The zero-order chi connectivity index (χ0) is 62.8. The molecule has 0 spiro atoms. The van der Waals surface area contributed by atoms with Gasteiger partial charge in [-0.1, -0.05) is 306 Å². The molecule has 3 unspecified atom stereocenters. The highest BCUT2D eigenvalue weighted by Crippen LogP contribution is 2.43. The number of carbonyl (C=O) groups excluding carboxylic acids is 2. The summed E-state index contributed by atoms with van der Waals surface area (Å²) in [6.45, 7) is 7.00. The number of nitrogens with one attached hydrogen (secondary N) is 1. The summed E-state index contributed by atoms with van der Waals surface area (Å²) in [6, 6.07) is -0.853. The molecule has 0 aromatic heterocycles. The summed E-state index contributed by atoms with van der Waals surface area (Å²) < 4.78 is 30.9. The molecule has 1 amide bonds. The Labute approximate surface area is 533 Å². The van der Waals surface area contributed by atoms with E-state index in [2.05, 4.69) is 86.8 Å². The lowest BCUT2D eigenvalue weighted by Crippen LogP contribution is -2.47. The summed E-state index contributed by atoms with van der Waals surface area (Å²) in [4.78, 5) is 37.9. The minimum atomic E-state index is -4.46. The van der Waals surface area contributed by atoms with Crippen LogP contribution in [0.25, 0.3) is 0 Å². The van der Waals surface area contributed by atoms with E-state index in [1.54, 1.807) is 0 Å². The number of rotatable bonds is 67. The molecule has 0 radical (unpaired) electrons. The van der Waals surface area contributed by atoms with E-state index in [1.807, 2.05) is 33.3 Å². The highest BCUT2D eigenvalue weighted by molar-refractivity contribution is 7.47. The minimum absolute atomic E-state index is 0.0389. The second-order valence-electron chi connectivity index (χ2n) is 26.1. The van der Waals surface area contributed by atoms with Crippen molar-refractivity contribution in [1.29, 1.82) is 0 Å². The molecule has 0 aliphatic heterocycles. The van der Waals surface area contributed by atoms with Crippen molar-refractivity contribution in [2.45, 2.75) is 360 Å². The van der Waals surface area contributed by atoms with Crippen LogP contribution in [-0.4, -0.2) is 74.3 Å². The molecule has 86 heavy (non-hydrogen) atoms. The van der Waals surface area contributed by atoms with Gasteiger partial charge in [0.15, 0.2) is 0 Å². The van der Waals surface area contributed by atoms with Crippen molar-refractivity contribution in [3.05, 3.63) is 72.9 Å². The van der Waals surface area contributed by atoms with E-state index in [9.17, 15) is 19.0 Å². The standard InChI is InChI=1S/C76H141N2O7P/c1-7-10-13-16-19-22-25-28-30-32-34-36-38-39-41-42-44-46-48-50-53-56-59-62-65-68-75(79)77-73(72-84-86(81,82)83-71-70-78(4,5)6)74(67-64-61-58-55-52-27-24-21-18-15-12-9-3)85-76(80)69-66-63-60-57-54-51-49-47-45-43-40-37-35-33-31-29-26-23-20-17-14-11-8-2/h19-20,22-23,28-31,35,37,64,67,73-74H,7-18,21,24-27,32-34,36,38-63,65-66,68-72H2,1-6H3,(H-,77,79,81,82)/p+1/b22-19-,23-20-,30-28-,31-29-,37-35-,67-64+. The number of unbranched alkanes of at least 4 members (excludes halogenated alkanes) is 41. The summed E-state index contributed by atoms with van der Waals surface area (Å²) in [5.74, 6) is -0.498. The average molecular weight is 1230 g/mol. The van der Waals surface area contributed by atoms with Gasteiger partial charge in [0.2, 0.25) is 5.91 Å². The summed E-state index contributed by atoms with van der Waals surface area (Å²) in [5.41, 5.74) is 0. The fourth-order valence-corrected chi connectivity index (χ4v) is 11.4. The highest BCUT2D eigenvalue weighted by Gasteiger charge is 2.30. The maximum absolute atomic E-state index is 13.6. The number of quaternary nitrogens is 1. The first-order chi connectivity index (χ1) is 41.9. The Morgan fingerprint density at radius 2 is 0.709 bits per heavy atom. The average Bonchev–Trinajstić information content (AvgIpc) is 3.69. The number of hydrogen-bond acceptors (Lipinski definition) is 6. The van der Waals surface area contributed by atoms with E-state index in [-0.39, 0.29) is 31.5 Å². The number of amides is 1. The summed E-state index contributed by atoms with van der Waals surface area (Å²) >= 11 is 0. The Kier molecular flexibility index (Phi) is 63.5. The molecule has 0 aromatic carbocycles. The van der Waals surface area contributed by atoms with Gasteiger partial charge in [-0.25, -0.2) is 4.57 Å². The van der Waals surface area contributed by atoms with Gasteiger partial charge in [0.25, 0.3) is 0 Å². The number of allylic oxidation sites excluding steroid dienone is 11. The Morgan fingerprint density at radius 1 is 0.407 bits per heavy atom. The van der Waals surface area contributed by atoms with Gasteiger partial charge in [-0.2, -0.15) is 0 Å². The number of phosphoric acid groups is 1. The highest BCUT2D eigenvalue weighted by atomic mass is 31.2. The Hall–Kier alpha value is -2.55. The van der Waals surface area contributed by atoms with Crippen LogP contribution in [0, 0.1) is 0 Å². The van der Waals surface area contributed by atoms with Crippen molar-refractivity contribution in [3.63, 3.8) is 0 Å². The monoisotopic (exact) mass is 1230 g/mol. The van der Waals surface area contributed by atoms with Crippen LogP contribution in [-0.2, 0) is 27.9 Å². The third-order valence-corrected chi connectivity index (χ3v) is 17.4. The lowest BCUT2D eigenvalue weighted by Gasteiger charge is -2.27. The van der Waals surface area contributed by atoms with E-state index in [0.29, 0.717) is 17.4 Å². The number of phosphoric ester groups is 1. The van der Waals surface area contributed by atoms with Crippen LogP contribution < -0.4 is 5.32 Å². The van der Waals surface area contributed by atoms with Gasteiger partial charge in [0.05, 0.1) is 33.8 Å². The topological polar surface area (TPSA) is 111 Å². The number of esters is 1. The summed E-state index contributed by atoms with van der Waals surface area (Å²) in [5, 5.41) is 3.08. The van der Waals surface area contributed by atoms with Crippen LogP contribution in [0.4, 0.5) is 0 Å². The van der Waals surface area contributed by atoms with Crippen molar-refractivity contribution in [2.75, 3.05) is 40.9 Å². The quantitative estimate of drug-likeness (QED) is 0.0205. The molecule has 0 aliphatic carbocycles. The zero-order valence-electron chi connectivity index (χ0n) is 57.6. The number of hydrogen-bond donors (Lipinski definition) is 2. The van der Waals surface area contributed by atoms with Crippen LogP contribution in [0.2, 0.25) is 0 Å². The van der Waals surface area contributed by atoms with Crippen LogP contribution in [0.3, 0.4) is 0 Å². The fraction of sp³-hybridized carbons (Fsp3) is 0.816. The Balaban J connectivity index is 5.02. The molecule has 2 N–H and O–H groups in total. The van der Waals surface area contributed by atoms with E-state index in [4.69, 9.17) is 13.8 Å². The van der Waals surface area contributed by atoms with Crippen molar-refractivity contribution >= 4 is 19.7 Å². The molecule has 0 aliphatic rings. The van der Waals surface area contributed by atoms with Crippen molar-refractivity contribution in [1.82, 2.24) is 5.32 Å². The predicted octanol–water partition coefficient (Wildman–Crippen LogP) is 23.5. The molecule has 10 heteroatoms. The van der Waals surface area contributed by atoms with E-state index >= 15 is 0 Å². The van der Waals surface area contributed by atoms with Gasteiger partial charge in [0, 0.05) is 12.8 Å². The maximum atomic E-state index is 13.6. The van der Waals surface area contributed by atoms with Crippen molar-refractivity contribution in [2.24, 2.45) is 0 Å². The predicted molar refractivity (Wildman–Crippen MR) is 374 cm³/mol. The second kappa shape index (κ2) is 65.4. The number of likely N-dealkylation sites (N-methyl/N-ethyl adjacent to an activating group) is 1. The maximum Gasteiger partial charge on any atom is 0.472 e. The molecule has 502 valence electrons. The first kappa shape index (κ1) is 83.5. The van der Waals surface area contributed by atoms with Crippen molar-refractivity contribution < 1.29 is 37.3 Å². The molecule has 0 fully saturated rings. The smallest absolute Gasteiger partial charge is 0.456 e. The molecule has 9 nitrogen and oxygen atoms in total. The molecule has 0 heterocycles. The first-order valence-electron chi connectivity index (χ1n) is 36.8. The van der Waals surface area contributed by atoms with Gasteiger partial charge < -0.3 is 19.4 Å². The molecule has 0 saturated carbocycles. The van der Waals surface area contributed by atoms with Gasteiger partial charge in [0.1, 0.15) is 19.3 Å². The molecular formula is C76H142N2O7P+. The van der Waals surface area contributed by atoms with Gasteiger partial charge in [-0.3, -0.25) is 18.6 Å². The molecule has 0 rings (SSSR count). The van der Waals surface area contributed by atoms with Crippen LogP contribution in [0.5, 0.6) is 0 Å². The SMILES string of the molecule is CCCCC/C=C\C/C=C\C/C=C\CCCCCCCCCCCCC(=O)OC(/C=C/CCCCCCCCCCCC)C(COP(=O)(O)OCC[N+](C)(C)C)NC(=O)CCCCCCCCCCCCCCCCC/C=C\C/C=C\CCCCC. The van der Waals surface area contributed by atoms with Gasteiger partial charge in [-0.15, -0.1) is 0 Å². The fourth-order valence-electron chi connectivity index (χ4n) is 10.7. The summed E-state index contributed by atoms with van der Waals surface area (Å²) in [6.07, 6.45) is 86.3. The van der Waals surface area contributed by atoms with E-state index in [0.717, 1.165) is 77.0 Å². The normalized spacial score (nSPS) is 13.9. The third kappa shape index (κ3) is 65.9. The number of carbonyl (C=O) groups is 2. The van der Waals surface area contributed by atoms with E-state index < -0.39 is 20.0 Å². The molecule has 0 aromatic rings. The summed E-state index contributed by atoms with van der Waals surface area (Å²) in [7, 11) is 1.50. The van der Waals surface area contributed by atoms with Gasteiger partial charge in [-0.05, 0) is 102 Å². The lowest BCUT2D eigenvalue weighted by molar-refractivity contribution is -0.870. The Morgan fingerprint density at radius 3 is 1.08 bits per heavy atom. The number of ether oxygens (including phenoxy) is 1. The van der Waals surface area contributed by atoms with Crippen molar-refractivity contribution in [3.8, 4) is 0 Å². The second-order valence-corrected chi connectivity index (χ2v) is 27.6. The molecular weight excluding hydrogens is 1080 g/mol.